The molecule has 1 radical (unpaired) electrons. The number of rotatable bonds is 0. The van der Waals surface area contributed by atoms with E-state index >= 15 is 0 Å². The number of halogens is 3. The van der Waals surface area contributed by atoms with Gasteiger partial charge in [0.05, 0.1) is 0 Å². The first kappa shape index (κ1) is 15.1. The van der Waals surface area contributed by atoms with Crippen LogP contribution in [0.15, 0.2) is 23.8 Å². The van der Waals surface area contributed by atoms with Gasteiger partial charge in [-0.1, -0.05) is 51.5 Å². The van der Waals surface area contributed by atoms with Crippen LogP contribution in [0.1, 0.15) is 27.7 Å². The molecule has 0 atom stereocenters. The second-order valence-electron chi connectivity index (χ2n) is 4.09. The predicted molar refractivity (Wildman–Crippen MR) is 63.2 cm³/mol. The molecule has 0 N–H and O–H groups in total. The van der Waals surface area contributed by atoms with Gasteiger partial charge in [-0.3, -0.25) is 0 Å². The number of allylic oxidation sites excluding steroid dienone is 4. The quantitative estimate of drug-likeness (QED) is 0.538. The molecule has 0 nitrogen and oxygen atoms in total. The van der Waals surface area contributed by atoms with Crippen molar-refractivity contribution in [3.63, 3.8) is 0 Å². The van der Waals surface area contributed by atoms with Crippen LogP contribution in [0.4, 0.5) is 0 Å². The van der Waals surface area contributed by atoms with Crippen LogP contribution in [-0.2, 0) is 14.7 Å². The van der Waals surface area contributed by atoms with Crippen molar-refractivity contribution in [2.45, 2.75) is 27.7 Å². The molecule has 4 heteroatoms. The van der Waals surface area contributed by atoms with Gasteiger partial charge in [-0.25, -0.2) is 0 Å². The second kappa shape index (κ2) is 6.60. The summed E-state index contributed by atoms with van der Waals surface area (Å²) in [7, 11) is 14.9. The fraction of sp³-hybridized carbons (Fsp3) is 0.500. The zero-order valence-corrected chi connectivity index (χ0v) is 12.7. The Balaban J connectivity index is 0.000000364. The van der Waals surface area contributed by atoms with Crippen LogP contribution in [-0.4, -0.2) is 0 Å². The van der Waals surface area contributed by atoms with E-state index in [4.69, 9.17) is 27.9 Å². The molecule has 0 saturated heterocycles. The molecule has 1 rings (SSSR count). The van der Waals surface area contributed by atoms with Crippen LogP contribution >= 0.6 is 27.9 Å². The summed E-state index contributed by atoms with van der Waals surface area (Å²) in [6.45, 7) is 8.90. The van der Waals surface area contributed by atoms with E-state index in [0.29, 0.717) is 5.41 Å². The second-order valence-corrected chi connectivity index (χ2v) is 11.8. The van der Waals surface area contributed by atoms with Gasteiger partial charge in [0.15, 0.2) is 0 Å². The summed E-state index contributed by atoms with van der Waals surface area (Å²) in [4.78, 5) is 0. The van der Waals surface area contributed by atoms with Crippen LogP contribution in [0.5, 0.6) is 0 Å². The first-order chi connectivity index (χ1) is 6.25. The Hall–Kier alpha value is 1.06. The van der Waals surface area contributed by atoms with E-state index in [-0.39, 0.29) is 0 Å². The van der Waals surface area contributed by atoms with Crippen molar-refractivity contribution in [1.29, 1.82) is 0 Å². The van der Waals surface area contributed by atoms with Gasteiger partial charge in [-0.2, -0.15) is 0 Å². The van der Waals surface area contributed by atoms with Crippen LogP contribution in [0.3, 0.4) is 0 Å². The Labute approximate surface area is 105 Å². The van der Waals surface area contributed by atoms with Crippen molar-refractivity contribution in [2.24, 2.45) is 5.41 Å². The summed E-state index contributed by atoms with van der Waals surface area (Å²) in [6.07, 6.45) is 6.49. The summed E-state index contributed by atoms with van der Waals surface area (Å²) >= 11 is -1.92. The summed E-state index contributed by atoms with van der Waals surface area (Å²) in [6, 6.07) is 0. The summed E-state index contributed by atoms with van der Waals surface area (Å²) in [5.41, 5.74) is 1.78. The van der Waals surface area contributed by atoms with Gasteiger partial charge >= 0.3 is 42.6 Å². The van der Waals surface area contributed by atoms with Crippen LogP contribution < -0.4 is 0 Å². The average molecular weight is 289 g/mol. The third kappa shape index (κ3) is 6.53. The fourth-order valence-electron chi connectivity index (χ4n) is 1.35. The fourth-order valence-corrected chi connectivity index (χ4v) is 1.35. The molecule has 0 aromatic heterocycles. The van der Waals surface area contributed by atoms with E-state index in [0.717, 1.165) is 0 Å². The third-order valence-electron chi connectivity index (χ3n) is 1.84. The van der Waals surface area contributed by atoms with Crippen molar-refractivity contribution >= 4 is 27.9 Å². The predicted octanol–water partition coefficient (Wildman–Crippen LogP) is 5.19. The first-order valence-corrected chi connectivity index (χ1v) is 10.8. The minimum absolute atomic E-state index is 0.313. The van der Waals surface area contributed by atoms with Crippen LogP contribution in [0, 0.1) is 11.3 Å². The summed E-state index contributed by atoms with van der Waals surface area (Å²) < 4.78 is 0. The third-order valence-corrected chi connectivity index (χ3v) is 1.84. The van der Waals surface area contributed by atoms with Gasteiger partial charge in [-0.05, 0) is 5.41 Å². The van der Waals surface area contributed by atoms with E-state index in [1.807, 2.05) is 0 Å². The van der Waals surface area contributed by atoms with Crippen LogP contribution in [0.2, 0.25) is 0 Å². The Kier molecular flexibility index (Phi) is 7.11. The molecule has 0 unspecified atom stereocenters. The molecular weight excluding hydrogens is 274 g/mol. The Morgan fingerprint density at radius 3 is 1.71 bits per heavy atom. The molecule has 0 aromatic carbocycles. The van der Waals surface area contributed by atoms with Crippen LogP contribution in [0.25, 0.3) is 0 Å². The average Bonchev–Trinajstić information content (AvgIpc) is 2.31. The molecule has 0 saturated carbocycles. The topological polar surface area (TPSA) is 0 Å². The Morgan fingerprint density at radius 2 is 1.57 bits per heavy atom. The van der Waals surface area contributed by atoms with E-state index in [9.17, 15) is 0 Å². The van der Waals surface area contributed by atoms with Gasteiger partial charge in [-0.15, -0.1) is 0 Å². The molecule has 1 aliphatic rings. The number of hydrogen-bond acceptors (Lipinski definition) is 0. The zero-order chi connectivity index (χ0) is 11.4. The Bertz CT molecular complexity index is 223. The van der Waals surface area contributed by atoms with Crippen molar-refractivity contribution in [3.05, 3.63) is 29.7 Å². The molecule has 0 amide bonds. The number of hydrogen-bond donors (Lipinski definition) is 0. The molecule has 0 spiro atoms. The van der Waals surface area contributed by atoms with Crippen molar-refractivity contribution in [3.8, 4) is 0 Å². The van der Waals surface area contributed by atoms with Gasteiger partial charge < -0.3 is 0 Å². The zero-order valence-electron chi connectivity index (χ0n) is 8.87. The van der Waals surface area contributed by atoms with Gasteiger partial charge in [0.1, 0.15) is 0 Å². The molecule has 1 aliphatic carbocycles. The molecule has 0 bridgehead atoms. The molecule has 0 aliphatic heterocycles. The molecule has 80 valence electrons. The van der Waals surface area contributed by atoms with E-state index in [1.54, 1.807) is 0 Å². The first-order valence-electron chi connectivity index (χ1n) is 4.31. The van der Waals surface area contributed by atoms with Gasteiger partial charge in [0.2, 0.25) is 0 Å². The van der Waals surface area contributed by atoms with E-state index in [2.05, 4.69) is 45.9 Å². The Morgan fingerprint density at radius 1 is 1.14 bits per heavy atom. The van der Waals surface area contributed by atoms with Gasteiger partial charge in [0, 0.05) is 5.92 Å². The normalized spacial score (nSPS) is 16.1. The van der Waals surface area contributed by atoms with Gasteiger partial charge in [0.25, 0.3) is 0 Å². The van der Waals surface area contributed by atoms with Crippen molar-refractivity contribution in [2.75, 3.05) is 0 Å². The molecular formula is C10H15Cl3Ti. The maximum atomic E-state index is 4.97. The standard InChI is InChI=1S/C10H15.3ClH.Ti/c1-8-6-5-7-9(8)10(2,3)4;;;;/h5-7H,1-4H3;3*1H;/q;;;;+3/p-3. The van der Waals surface area contributed by atoms with E-state index < -0.39 is 14.7 Å². The minimum atomic E-state index is -1.92. The maximum absolute atomic E-state index is 4.97. The van der Waals surface area contributed by atoms with Crippen molar-refractivity contribution < 1.29 is 14.7 Å². The van der Waals surface area contributed by atoms with Crippen molar-refractivity contribution in [1.82, 2.24) is 0 Å². The molecule has 0 aromatic rings. The summed E-state index contributed by atoms with van der Waals surface area (Å²) in [5.74, 6) is 1.41. The molecule has 0 heterocycles. The monoisotopic (exact) mass is 288 g/mol. The SMILES string of the molecule is C[C]1C=CC=C1C(C)(C)C.[Cl][Ti]([Cl])[Cl]. The summed E-state index contributed by atoms with van der Waals surface area (Å²) in [5, 5.41) is 0. The molecule has 14 heavy (non-hydrogen) atoms. The molecule has 0 fully saturated rings. The van der Waals surface area contributed by atoms with E-state index in [1.165, 1.54) is 11.5 Å².